The van der Waals surface area contributed by atoms with Crippen molar-refractivity contribution in [1.29, 1.82) is 0 Å². The maximum Gasteiger partial charge on any atom is 0.251 e. The van der Waals surface area contributed by atoms with Crippen LogP contribution < -0.4 is 14.8 Å². The molecule has 116 valence electrons. The normalized spacial score (nSPS) is 15.3. The summed E-state index contributed by atoms with van der Waals surface area (Å²) in [5, 5.41) is 5.93. The predicted octanol–water partition coefficient (Wildman–Crippen LogP) is 3.53. The number of aryl methyl sites for hydroxylation is 1. The molecule has 5 nitrogen and oxygen atoms in total. The van der Waals surface area contributed by atoms with Gasteiger partial charge in [-0.25, -0.2) is 4.98 Å². The molecule has 1 aliphatic heterocycles. The van der Waals surface area contributed by atoms with Crippen LogP contribution in [0.3, 0.4) is 0 Å². The van der Waals surface area contributed by atoms with Crippen LogP contribution >= 0.6 is 11.3 Å². The Balaban J connectivity index is 1.48. The summed E-state index contributed by atoms with van der Waals surface area (Å²) >= 11 is 1.61. The molecule has 1 amide bonds. The van der Waals surface area contributed by atoms with Gasteiger partial charge in [0.2, 0.25) is 6.79 Å². The zero-order valence-corrected chi connectivity index (χ0v) is 13.3. The number of fused-ring (bicyclic) bond motifs is 1. The third-order valence-corrected chi connectivity index (χ3v) is 4.48. The number of amides is 1. The van der Waals surface area contributed by atoms with E-state index in [-0.39, 0.29) is 12.7 Å². The lowest BCUT2D eigenvalue weighted by atomic mass is 10.2. The van der Waals surface area contributed by atoms with E-state index in [0.29, 0.717) is 23.6 Å². The van der Waals surface area contributed by atoms with Crippen LogP contribution in [0.15, 0.2) is 41.3 Å². The van der Waals surface area contributed by atoms with Crippen molar-refractivity contribution >= 4 is 28.5 Å². The lowest BCUT2D eigenvalue weighted by molar-refractivity contribution is -0.112. The maximum atomic E-state index is 12.4. The van der Waals surface area contributed by atoms with Crippen molar-refractivity contribution in [1.82, 2.24) is 4.98 Å². The smallest absolute Gasteiger partial charge is 0.251 e. The van der Waals surface area contributed by atoms with Gasteiger partial charge in [0.05, 0.1) is 10.7 Å². The zero-order valence-electron chi connectivity index (χ0n) is 12.5. The summed E-state index contributed by atoms with van der Waals surface area (Å²) in [6.07, 6.45) is 4.54. The lowest BCUT2D eigenvalue weighted by Gasteiger charge is -2.06. The first-order valence-corrected chi connectivity index (χ1v) is 8.11. The van der Waals surface area contributed by atoms with Crippen molar-refractivity contribution < 1.29 is 14.3 Å². The number of hydrogen-bond donors (Lipinski definition) is 1. The predicted molar refractivity (Wildman–Crippen MR) is 88.7 cm³/mol. The summed E-state index contributed by atoms with van der Waals surface area (Å²) in [4.78, 5) is 16.8. The molecule has 0 saturated heterocycles. The molecule has 0 fully saturated rings. The molecule has 0 bridgehead atoms. The highest BCUT2D eigenvalue weighted by atomic mass is 32.1. The van der Waals surface area contributed by atoms with Gasteiger partial charge in [-0.3, -0.25) is 4.79 Å². The number of nitrogens with zero attached hydrogens (tertiary/aromatic N) is 1. The molecule has 0 spiro atoms. The largest absolute Gasteiger partial charge is 0.454 e. The minimum absolute atomic E-state index is 0.109. The van der Waals surface area contributed by atoms with Gasteiger partial charge < -0.3 is 14.8 Å². The minimum Gasteiger partial charge on any atom is -0.454 e. The molecule has 1 aromatic carbocycles. The standard InChI is InChI=1S/C17H14N2O3S/c1-10-18-14(8-23-10)11-2-3-12(6-11)17(20)19-13-4-5-15-16(7-13)22-9-21-15/h2,4-8H,3,9H2,1H3,(H,19,20). The van der Waals surface area contributed by atoms with Gasteiger partial charge >= 0.3 is 0 Å². The molecule has 23 heavy (non-hydrogen) atoms. The van der Waals surface area contributed by atoms with Crippen LogP contribution in [-0.4, -0.2) is 17.7 Å². The fourth-order valence-electron chi connectivity index (χ4n) is 2.54. The summed E-state index contributed by atoms with van der Waals surface area (Å²) in [6.45, 7) is 2.19. The fraction of sp³-hybridized carbons (Fsp3) is 0.176. The first-order valence-electron chi connectivity index (χ1n) is 7.23. The van der Waals surface area contributed by atoms with E-state index in [2.05, 4.69) is 10.3 Å². The first-order chi connectivity index (χ1) is 11.2. The Labute approximate surface area is 137 Å². The monoisotopic (exact) mass is 326 g/mol. The van der Waals surface area contributed by atoms with Gasteiger partial charge in [0.1, 0.15) is 0 Å². The van der Waals surface area contributed by atoms with E-state index in [1.54, 1.807) is 29.5 Å². The molecule has 1 aromatic heterocycles. The Morgan fingerprint density at radius 3 is 3.00 bits per heavy atom. The molecule has 0 saturated carbocycles. The Bertz CT molecular complexity index is 851. The molecular formula is C17H14N2O3S. The molecule has 0 atom stereocenters. The number of carbonyl (C=O) groups is 1. The van der Waals surface area contributed by atoms with E-state index in [0.717, 1.165) is 21.8 Å². The van der Waals surface area contributed by atoms with Crippen LogP contribution in [0.2, 0.25) is 0 Å². The number of benzene rings is 1. The van der Waals surface area contributed by atoms with Crippen LogP contribution in [0, 0.1) is 6.92 Å². The molecule has 0 radical (unpaired) electrons. The van der Waals surface area contributed by atoms with Gasteiger partial charge in [-0.05, 0) is 37.1 Å². The summed E-state index contributed by atoms with van der Waals surface area (Å²) in [5.41, 5.74) is 3.35. The topological polar surface area (TPSA) is 60.5 Å². The third-order valence-electron chi connectivity index (χ3n) is 3.71. The zero-order chi connectivity index (χ0) is 15.8. The van der Waals surface area contributed by atoms with Gasteiger partial charge in [0.15, 0.2) is 11.5 Å². The molecule has 1 aliphatic carbocycles. The Morgan fingerprint density at radius 1 is 1.30 bits per heavy atom. The highest BCUT2D eigenvalue weighted by Gasteiger charge is 2.18. The summed E-state index contributed by atoms with van der Waals surface area (Å²) in [5.74, 6) is 1.24. The van der Waals surface area contributed by atoms with Crippen molar-refractivity contribution in [3.05, 3.63) is 52.0 Å². The number of carbonyl (C=O) groups excluding carboxylic acids is 1. The quantitative estimate of drug-likeness (QED) is 0.937. The van der Waals surface area contributed by atoms with Gasteiger partial charge in [-0.2, -0.15) is 0 Å². The summed E-state index contributed by atoms with van der Waals surface area (Å²) in [6, 6.07) is 5.37. The number of hydrogen-bond acceptors (Lipinski definition) is 5. The van der Waals surface area contributed by atoms with Crippen LogP contribution in [0.4, 0.5) is 5.69 Å². The second-order valence-electron chi connectivity index (χ2n) is 5.31. The molecule has 2 aromatic rings. The van der Waals surface area contributed by atoms with Crippen molar-refractivity contribution in [2.45, 2.75) is 13.3 Å². The second kappa shape index (κ2) is 5.55. The van der Waals surface area contributed by atoms with E-state index >= 15 is 0 Å². The number of thiazole rings is 1. The number of allylic oxidation sites excluding steroid dienone is 3. The van der Waals surface area contributed by atoms with Crippen LogP contribution in [0.1, 0.15) is 17.1 Å². The van der Waals surface area contributed by atoms with E-state index < -0.39 is 0 Å². The Hall–Kier alpha value is -2.60. The highest BCUT2D eigenvalue weighted by molar-refractivity contribution is 7.09. The van der Waals surface area contributed by atoms with E-state index in [4.69, 9.17) is 9.47 Å². The lowest BCUT2D eigenvalue weighted by Crippen LogP contribution is -2.13. The van der Waals surface area contributed by atoms with Crippen LogP contribution in [0.25, 0.3) is 5.57 Å². The summed E-state index contributed by atoms with van der Waals surface area (Å²) < 4.78 is 10.6. The van der Waals surface area contributed by atoms with Gasteiger partial charge in [-0.15, -0.1) is 11.3 Å². The van der Waals surface area contributed by atoms with Crippen LogP contribution in [-0.2, 0) is 4.79 Å². The van der Waals surface area contributed by atoms with Crippen molar-refractivity contribution in [2.75, 3.05) is 12.1 Å². The van der Waals surface area contributed by atoms with Crippen molar-refractivity contribution in [3.8, 4) is 11.5 Å². The molecule has 2 heterocycles. The highest BCUT2D eigenvalue weighted by Crippen LogP contribution is 2.34. The van der Waals surface area contributed by atoms with Gasteiger partial charge in [-0.1, -0.05) is 6.08 Å². The van der Waals surface area contributed by atoms with Crippen molar-refractivity contribution in [3.63, 3.8) is 0 Å². The molecule has 2 aliphatic rings. The number of aromatic nitrogens is 1. The summed E-state index contributed by atoms with van der Waals surface area (Å²) in [7, 11) is 0. The molecule has 0 unspecified atom stereocenters. The fourth-order valence-corrected chi connectivity index (χ4v) is 3.17. The van der Waals surface area contributed by atoms with Crippen LogP contribution in [0.5, 0.6) is 11.5 Å². The number of ether oxygens (including phenoxy) is 2. The SMILES string of the molecule is Cc1nc(C2=CCC(C(=O)Nc3ccc4c(c3)OCO4)=C2)cs1. The first kappa shape index (κ1) is 14.0. The maximum absolute atomic E-state index is 12.4. The average Bonchev–Trinajstić information content (AvgIpc) is 3.26. The van der Waals surface area contributed by atoms with E-state index in [1.807, 2.05) is 24.5 Å². The Morgan fingerprint density at radius 2 is 2.17 bits per heavy atom. The van der Waals surface area contributed by atoms with Gasteiger partial charge in [0.25, 0.3) is 5.91 Å². The number of nitrogens with one attached hydrogen (secondary N) is 1. The minimum atomic E-state index is -0.109. The number of rotatable bonds is 3. The van der Waals surface area contributed by atoms with Crippen molar-refractivity contribution in [2.24, 2.45) is 0 Å². The average molecular weight is 326 g/mol. The molecule has 6 heteroatoms. The van der Waals surface area contributed by atoms with Gasteiger partial charge in [0, 0.05) is 22.7 Å². The van der Waals surface area contributed by atoms with E-state index in [1.165, 1.54) is 0 Å². The third kappa shape index (κ3) is 2.73. The van der Waals surface area contributed by atoms with E-state index in [9.17, 15) is 4.79 Å². The second-order valence-corrected chi connectivity index (χ2v) is 6.37. The molecule has 4 rings (SSSR count). The molecular weight excluding hydrogens is 312 g/mol. The number of anilines is 1. The molecule has 1 N–H and O–H groups in total. The Kier molecular flexibility index (Phi) is 3.38.